The molecule has 1 aliphatic rings. The number of Topliss-reactive ketones (excluding diaryl/α,β-unsaturated/α-hetero) is 1. The molecular weight excluding hydrogens is 278 g/mol. The minimum Gasteiger partial charge on any atom is -0.371 e. The monoisotopic (exact) mass is 297 g/mol. The predicted octanol–water partition coefficient (Wildman–Crippen LogP) is 4.26. The van der Waals surface area contributed by atoms with Crippen LogP contribution in [0.3, 0.4) is 0 Å². The summed E-state index contributed by atoms with van der Waals surface area (Å²) >= 11 is 8.16. The van der Waals surface area contributed by atoms with Crippen LogP contribution in [-0.2, 0) is 0 Å². The van der Waals surface area contributed by atoms with Crippen molar-refractivity contribution in [3.63, 3.8) is 0 Å². The molecule has 1 aromatic carbocycles. The lowest BCUT2D eigenvalue weighted by Crippen LogP contribution is -2.24. The lowest BCUT2D eigenvalue weighted by molar-refractivity contribution is 0.101. The Morgan fingerprint density at radius 1 is 1.37 bits per heavy atom. The molecule has 1 fully saturated rings. The summed E-state index contributed by atoms with van der Waals surface area (Å²) in [4.78, 5) is 13.8. The van der Waals surface area contributed by atoms with Crippen LogP contribution in [0, 0.1) is 0 Å². The van der Waals surface area contributed by atoms with Crippen LogP contribution in [0.25, 0.3) is 0 Å². The highest BCUT2D eigenvalue weighted by molar-refractivity contribution is 7.99. The van der Waals surface area contributed by atoms with Crippen molar-refractivity contribution >= 4 is 34.8 Å². The maximum atomic E-state index is 11.4. The third kappa shape index (κ3) is 3.67. The van der Waals surface area contributed by atoms with E-state index in [4.69, 9.17) is 11.6 Å². The molecule has 0 N–H and O–H groups in total. The summed E-state index contributed by atoms with van der Waals surface area (Å²) in [6, 6.07) is 5.79. The van der Waals surface area contributed by atoms with Gasteiger partial charge in [-0.3, -0.25) is 4.79 Å². The molecule has 0 aliphatic carbocycles. The van der Waals surface area contributed by atoms with Gasteiger partial charge in [0, 0.05) is 29.6 Å². The Hall–Kier alpha value is -0.670. The summed E-state index contributed by atoms with van der Waals surface area (Å²) in [5.74, 6) is 0.0230. The number of carbonyl (C=O) groups excluding carboxylic acids is 1. The Kier molecular flexibility index (Phi) is 5.17. The summed E-state index contributed by atoms with van der Waals surface area (Å²) in [6.45, 7) is 3.70. The fourth-order valence-electron chi connectivity index (χ4n) is 2.55. The summed E-state index contributed by atoms with van der Waals surface area (Å²) in [5, 5.41) is 1.34. The van der Waals surface area contributed by atoms with Crippen molar-refractivity contribution in [1.29, 1.82) is 0 Å². The lowest BCUT2D eigenvalue weighted by atomic mass is 10.1. The Balaban J connectivity index is 2.13. The molecule has 2 nitrogen and oxygen atoms in total. The Bertz CT molecular complexity index is 463. The molecule has 1 atom stereocenters. The molecule has 0 amide bonds. The first kappa shape index (κ1) is 14.7. The quantitative estimate of drug-likeness (QED) is 0.777. The third-order valence-corrected chi connectivity index (χ3v) is 5.16. The van der Waals surface area contributed by atoms with Crippen LogP contribution in [0.5, 0.6) is 0 Å². The number of rotatable bonds is 3. The molecule has 104 valence electrons. The number of halogens is 1. The van der Waals surface area contributed by atoms with E-state index in [0.29, 0.717) is 10.6 Å². The number of nitrogens with zero attached hydrogens (tertiary/aromatic N) is 1. The van der Waals surface area contributed by atoms with Crippen LogP contribution in [-0.4, -0.2) is 30.4 Å². The summed E-state index contributed by atoms with van der Waals surface area (Å²) in [6.07, 6.45) is 5.92. The molecular formula is C15H20ClNOS. The minimum atomic E-state index is 0.0230. The van der Waals surface area contributed by atoms with E-state index in [1.807, 2.05) is 30.0 Å². The van der Waals surface area contributed by atoms with Gasteiger partial charge in [0.15, 0.2) is 5.78 Å². The van der Waals surface area contributed by atoms with Crippen LogP contribution in [0.15, 0.2) is 18.2 Å². The smallest absolute Gasteiger partial charge is 0.161 e. The number of benzene rings is 1. The largest absolute Gasteiger partial charge is 0.371 e. The summed E-state index contributed by atoms with van der Waals surface area (Å²) in [7, 11) is 0. The second-order valence-electron chi connectivity index (χ2n) is 5.00. The van der Waals surface area contributed by atoms with Gasteiger partial charge in [-0.25, -0.2) is 0 Å². The SMILES string of the molecule is CSC1CCCN(c2ccc(C(C)=O)c(Cl)c2)CC1. The van der Waals surface area contributed by atoms with Crippen LogP contribution >= 0.6 is 23.4 Å². The molecule has 1 aliphatic heterocycles. The van der Waals surface area contributed by atoms with Crippen molar-refractivity contribution < 1.29 is 4.79 Å². The predicted molar refractivity (Wildman–Crippen MR) is 84.8 cm³/mol. The molecule has 0 radical (unpaired) electrons. The van der Waals surface area contributed by atoms with Gasteiger partial charge in [-0.05, 0) is 50.6 Å². The number of hydrogen-bond donors (Lipinski definition) is 0. The van der Waals surface area contributed by atoms with E-state index >= 15 is 0 Å². The zero-order valence-electron chi connectivity index (χ0n) is 11.5. The van der Waals surface area contributed by atoms with Crippen LogP contribution in [0.4, 0.5) is 5.69 Å². The number of hydrogen-bond acceptors (Lipinski definition) is 3. The first-order valence-corrected chi connectivity index (χ1v) is 8.36. The molecule has 1 saturated heterocycles. The van der Waals surface area contributed by atoms with Gasteiger partial charge < -0.3 is 4.90 Å². The first-order chi connectivity index (χ1) is 9.11. The maximum Gasteiger partial charge on any atom is 0.161 e. The van der Waals surface area contributed by atoms with Gasteiger partial charge in [-0.15, -0.1) is 0 Å². The normalized spacial score (nSPS) is 20.2. The van der Waals surface area contributed by atoms with Gasteiger partial charge in [-0.2, -0.15) is 11.8 Å². The van der Waals surface area contributed by atoms with E-state index in [0.717, 1.165) is 24.0 Å². The molecule has 0 spiro atoms. The fraction of sp³-hybridized carbons (Fsp3) is 0.533. The van der Waals surface area contributed by atoms with Gasteiger partial charge in [0.1, 0.15) is 0 Å². The number of ketones is 1. The van der Waals surface area contributed by atoms with Crippen molar-refractivity contribution in [1.82, 2.24) is 0 Å². The zero-order valence-corrected chi connectivity index (χ0v) is 13.1. The fourth-order valence-corrected chi connectivity index (χ4v) is 3.60. The van der Waals surface area contributed by atoms with Crippen molar-refractivity contribution in [3.05, 3.63) is 28.8 Å². The first-order valence-electron chi connectivity index (χ1n) is 6.70. The number of anilines is 1. The second-order valence-corrected chi connectivity index (χ2v) is 6.54. The van der Waals surface area contributed by atoms with Gasteiger partial charge >= 0.3 is 0 Å². The van der Waals surface area contributed by atoms with Gasteiger partial charge in [-0.1, -0.05) is 11.6 Å². The van der Waals surface area contributed by atoms with E-state index in [2.05, 4.69) is 11.2 Å². The van der Waals surface area contributed by atoms with Crippen molar-refractivity contribution in [2.45, 2.75) is 31.4 Å². The second kappa shape index (κ2) is 6.67. The van der Waals surface area contributed by atoms with Gasteiger partial charge in [0.2, 0.25) is 0 Å². The standard InChI is InChI=1S/C15H20ClNOS/c1-11(18)14-6-5-12(10-15(14)16)17-8-3-4-13(19-2)7-9-17/h5-6,10,13H,3-4,7-9H2,1-2H3. The molecule has 0 aromatic heterocycles. The van der Waals surface area contributed by atoms with Crippen molar-refractivity contribution in [2.75, 3.05) is 24.2 Å². The lowest BCUT2D eigenvalue weighted by Gasteiger charge is -2.23. The highest BCUT2D eigenvalue weighted by atomic mass is 35.5. The Morgan fingerprint density at radius 2 is 2.16 bits per heavy atom. The molecule has 2 rings (SSSR count). The molecule has 0 saturated carbocycles. The summed E-state index contributed by atoms with van der Waals surface area (Å²) in [5.41, 5.74) is 1.75. The molecule has 0 bridgehead atoms. The van der Waals surface area contributed by atoms with Crippen molar-refractivity contribution in [3.8, 4) is 0 Å². The average Bonchev–Trinajstić information content (AvgIpc) is 2.63. The van der Waals surface area contributed by atoms with E-state index in [1.54, 1.807) is 6.92 Å². The Morgan fingerprint density at radius 3 is 2.79 bits per heavy atom. The van der Waals surface area contributed by atoms with Crippen LogP contribution in [0.2, 0.25) is 5.02 Å². The van der Waals surface area contributed by atoms with E-state index in [9.17, 15) is 4.79 Å². The average molecular weight is 298 g/mol. The molecule has 4 heteroatoms. The van der Waals surface area contributed by atoms with Crippen LogP contribution in [0.1, 0.15) is 36.5 Å². The molecule has 1 heterocycles. The zero-order chi connectivity index (χ0) is 13.8. The van der Waals surface area contributed by atoms with Crippen molar-refractivity contribution in [2.24, 2.45) is 0 Å². The maximum absolute atomic E-state index is 11.4. The van der Waals surface area contributed by atoms with E-state index in [-0.39, 0.29) is 5.78 Å². The Labute approximate surface area is 124 Å². The molecule has 19 heavy (non-hydrogen) atoms. The highest BCUT2D eigenvalue weighted by Gasteiger charge is 2.17. The third-order valence-electron chi connectivity index (χ3n) is 3.71. The van der Waals surface area contributed by atoms with E-state index in [1.165, 1.54) is 19.3 Å². The minimum absolute atomic E-state index is 0.0230. The van der Waals surface area contributed by atoms with E-state index < -0.39 is 0 Å². The van der Waals surface area contributed by atoms with Gasteiger partial charge in [0.25, 0.3) is 0 Å². The molecule has 1 unspecified atom stereocenters. The van der Waals surface area contributed by atoms with Gasteiger partial charge in [0.05, 0.1) is 5.02 Å². The number of thioether (sulfide) groups is 1. The highest BCUT2D eigenvalue weighted by Crippen LogP contribution is 2.28. The van der Waals surface area contributed by atoms with Crippen LogP contribution < -0.4 is 4.90 Å². The number of carbonyl (C=O) groups is 1. The molecule has 1 aromatic rings. The topological polar surface area (TPSA) is 20.3 Å². The summed E-state index contributed by atoms with van der Waals surface area (Å²) < 4.78 is 0.